The predicted octanol–water partition coefficient (Wildman–Crippen LogP) is 2.40. The highest BCUT2D eigenvalue weighted by Crippen LogP contribution is 2.28. The number of halogens is 1. The monoisotopic (exact) mass is 383 g/mol. The number of carbonyl (C=O) groups is 1. The van der Waals surface area contributed by atoms with Gasteiger partial charge in [-0.1, -0.05) is 6.07 Å². The van der Waals surface area contributed by atoms with E-state index in [0.717, 1.165) is 0 Å². The third-order valence-electron chi connectivity index (χ3n) is 4.25. The molecule has 1 unspecified atom stereocenters. The molecule has 1 heterocycles. The molecule has 0 spiro atoms. The molecule has 152 valence electrons. The first-order chi connectivity index (χ1) is 12.7. The Morgan fingerprint density at radius 2 is 2.04 bits per heavy atom. The summed E-state index contributed by atoms with van der Waals surface area (Å²) >= 11 is 0. The van der Waals surface area contributed by atoms with Crippen molar-refractivity contribution in [2.75, 3.05) is 36.9 Å². The summed E-state index contributed by atoms with van der Waals surface area (Å²) in [5, 5.41) is 24.6. The molecule has 0 saturated carbocycles. The Balaban J connectivity index is 1.94. The summed E-state index contributed by atoms with van der Waals surface area (Å²) in [5.74, 6) is -0.395. The molecule has 1 aliphatic rings. The lowest BCUT2D eigenvalue weighted by molar-refractivity contribution is 0.0210. The van der Waals surface area contributed by atoms with Crippen molar-refractivity contribution < 1.29 is 24.1 Å². The van der Waals surface area contributed by atoms with Crippen molar-refractivity contribution in [2.45, 2.75) is 51.4 Å². The number of aliphatic hydroxyl groups excluding tert-OH is 2. The summed E-state index contributed by atoms with van der Waals surface area (Å²) in [6.45, 7) is 6.32. The number of ether oxygens (including phenoxy) is 1. The van der Waals surface area contributed by atoms with Crippen LogP contribution < -0.4 is 10.6 Å². The molecule has 2 rings (SSSR count). The molecule has 1 aliphatic heterocycles. The first kappa shape index (κ1) is 21.2. The number of amides is 1. The van der Waals surface area contributed by atoms with Crippen molar-refractivity contribution in [1.29, 1.82) is 0 Å². The van der Waals surface area contributed by atoms with Crippen LogP contribution in [0.15, 0.2) is 18.2 Å². The van der Waals surface area contributed by atoms with E-state index >= 15 is 0 Å². The number of rotatable bonds is 6. The number of hydrogen-bond acceptors (Lipinski definition) is 6. The van der Waals surface area contributed by atoms with E-state index in [-0.39, 0.29) is 25.3 Å². The van der Waals surface area contributed by atoms with Crippen LogP contribution >= 0.6 is 0 Å². The van der Waals surface area contributed by atoms with Crippen molar-refractivity contribution >= 4 is 17.5 Å². The largest absolute Gasteiger partial charge is 0.444 e. The lowest BCUT2D eigenvalue weighted by Gasteiger charge is -2.34. The van der Waals surface area contributed by atoms with E-state index in [1.54, 1.807) is 17.0 Å². The minimum atomic E-state index is -0.918. The molecule has 4 N–H and O–H groups in total. The summed E-state index contributed by atoms with van der Waals surface area (Å²) in [6, 6.07) is 4.68. The van der Waals surface area contributed by atoms with E-state index in [2.05, 4.69) is 10.6 Å². The van der Waals surface area contributed by atoms with Crippen LogP contribution in [0.1, 0.15) is 33.6 Å². The van der Waals surface area contributed by atoms with Gasteiger partial charge < -0.3 is 30.5 Å². The highest BCUT2D eigenvalue weighted by molar-refractivity contribution is 5.70. The molecule has 0 radical (unpaired) electrons. The molecule has 27 heavy (non-hydrogen) atoms. The second kappa shape index (κ2) is 9.23. The average molecular weight is 383 g/mol. The number of carbonyl (C=O) groups excluding carboxylic acids is 1. The smallest absolute Gasteiger partial charge is 0.410 e. The van der Waals surface area contributed by atoms with Crippen molar-refractivity contribution in [3.05, 3.63) is 24.0 Å². The lowest BCUT2D eigenvalue weighted by Crippen LogP contribution is -2.44. The quantitative estimate of drug-likeness (QED) is 0.603. The van der Waals surface area contributed by atoms with E-state index in [4.69, 9.17) is 9.84 Å². The Bertz CT molecular complexity index is 628. The first-order valence-corrected chi connectivity index (χ1v) is 9.25. The van der Waals surface area contributed by atoms with Crippen molar-refractivity contribution in [2.24, 2.45) is 0 Å². The molecule has 0 aromatic heterocycles. The molecule has 1 aromatic rings. The third kappa shape index (κ3) is 6.55. The van der Waals surface area contributed by atoms with Crippen molar-refractivity contribution in [3.63, 3.8) is 0 Å². The second-order valence-electron chi connectivity index (χ2n) is 7.77. The van der Waals surface area contributed by atoms with Gasteiger partial charge in [0.1, 0.15) is 11.4 Å². The summed E-state index contributed by atoms with van der Waals surface area (Å²) in [5.41, 5.74) is 0.328. The molecule has 0 bridgehead atoms. The summed E-state index contributed by atoms with van der Waals surface area (Å²) in [4.78, 5) is 13.8. The minimum Gasteiger partial charge on any atom is -0.444 e. The van der Waals surface area contributed by atoms with Gasteiger partial charge in [-0.25, -0.2) is 9.18 Å². The molecular weight excluding hydrogens is 353 g/mol. The number of benzene rings is 1. The lowest BCUT2D eigenvalue weighted by atomic mass is 10.0. The van der Waals surface area contributed by atoms with Crippen LogP contribution in [0.25, 0.3) is 0 Å². The maximum Gasteiger partial charge on any atom is 0.410 e. The zero-order valence-corrected chi connectivity index (χ0v) is 16.2. The third-order valence-corrected chi connectivity index (χ3v) is 4.25. The molecule has 1 aromatic carbocycles. The van der Waals surface area contributed by atoms with Gasteiger partial charge in [0.25, 0.3) is 0 Å². The highest BCUT2D eigenvalue weighted by atomic mass is 19.1. The number of nitrogens with zero attached hydrogens (tertiary/aromatic N) is 1. The maximum atomic E-state index is 14.3. The average Bonchev–Trinajstić information content (AvgIpc) is 2.61. The van der Waals surface area contributed by atoms with E-state index in [1.165, 1.54) is 6.07 Å². The molecule has 1 atom stereocenters. The standard InChI is InChI=1S/C19H30FN3O4/c1-19(2,3)27-18(26)23-9-7-13(8-10-23)22-17-15(20)5-4-6-16(17)21-11-14(25)12-24/h4-6,13-14,21-22,24-25H,7-12H2,1-3H3. The number of nitrogens with one attached hydrogen (secondary N) is 2. The van der Waals surface area contributed by atoms with Crippen molar-refractivity contribution in [1.82, 2.24) is 4.90 Å². The number of aliphatic hydroxyl groups is 2. The zero-order chi connectivity index (χ0) is 20.0. The molecule has 0 aliphatic carbocycles. The Kier molecular flexibility index (Phi) is 7.26. The number of hydrogen-bond donors (Lipinski definition) is 4. The fraction of sp³-hybridized carbons (Fsp3) is 0.632. The Morgan fingerprint density at radius 1 is 1.37 bits per heavy atom. The Labute approximate surface area is 159 Å². The number of para-hydroxylation sites is 1. The first-order valence-electron chi connectivity index (χ1n) is 9.25. The van der Waals surface area contributed by atoms with Gasteiger partial charge in [-0.15, -0.1) is 0 Å². The van der Waals surface area contributed by atoms with Gasteiger partial charge in [0.2, 0.25) is 0 Å². The molecule has 1 amide bonds. The van der Waals surface area contributed by atoms with Gasteiger partial charge >= 0.3 is 6.09 Å². The second-order valence-corrected chi connectivity index (χ2v) is 7.77. The summed E-state index contributed by atoms with van der Waals surface area (Å²) < 4.78 is 19.7. The SMILES string of the molecule is CC(C)(C)OC(=O)N1CCC(Nc2c(F)cccc2NCC(O)CO)CC1. The molecule has 8 heteroatoms. The van der Waals surface area contributed by atoms with Crippen LogP contribution in [0.5, 0.6) is 0 Å². The van der Waals surface area contributed by atoms with Crippen LogP contribution in [-0.4, -0.2) is 65.2 Å². The van der Waals surface area contributed by atoms with E-state index in [1.807, 2.05) is 20.8 Å². The van der Waals surface area contributed by atoms with Gasteiger partial charge in [-0.3, -0.25) is 0 Å². The minimum absolute atomic E-state index is 0.0175. The fourth-order valence-corrected chi connectivity index (χ4v) is 2.85. The van der Waals surface area contributed by atoms with Crippen LogP contribution in [0.4, 0.5) is 20.6 Å². The Hall–Kier alpha value is -2.06. The molecule has 1 saturated heterocycles. The van der Waals surface area contributed by atoms with Gasteiger partial charge in [0.15, 0.2) is 0 Å². The normalized spacial score (nSPS) is 16.7. The van der Waals surface area contributed by atoms with Crippen LogP contribution in [0, 0.1) is 5.82 Å². The summed E-state index contributed by atoms with van der Waals surface area (Å²) in [6.07, 6.45) is 0.101. The van der Waals surface area contributed by atoms with Gasteiger partial charge in [0.05, 0.1) is 24.1 Å². The molecule has 7 nitrogen and oxygen atoms in total. The van der Waals surface area contributed by atoms with Gasteiger partial charge in [-0.2, -0.15) is 0 Å². The number of likely N-dealkylation sites (tertiary alicyclic amines) is 1. The predicted molar refractivity (Wildman–Crippen MR) is 102 cm³/mol. The number of piperidine rings is 1. The van der Waals surface area contributed by atoms with E-state index in [9.17, 15) is 14.3 Å². The molecular formula is C19H30FN3O4. The van der Waals surface area contributed by atoms with Crippen LogP contribution in [0.3, 0.4) is 0 Å². The topological polar surface area (TPSA) is 94.1 Å². The number of anilines is 2. The fourth-order valence-electron chi connectivity index (χ4n) is 2.85. The van der Waals surface area contributed by atoms with Gasteiger partial charge in [-0.05, 0) is 45.7 Å². The van der Waals surface area contributed by atoms with E-state index < -0.39 is 17.5 Å². The summed E-state index contributed by atoms with van der Waals surface area (Å²) in [7, 11) is 0. The van der Waals surface area contributed by atoms with Crippen molar-refractivity contribution in [3.8, 4) is 0 Å². The Morgan fingerprint density at radius 3 is 2.63 bits per heavy atom. The maximum absolute atomic E-state index is 14.3. The van der Waals surface area contributed by atoms with Gasteiger partial charge in [0, 0.05) is 25.7 Å². The van der Waals surface area contributed by atoms with Crippen LogP contribution in [-0.2, 0) is 4.74 Å². The van der Waals surface area contributed by atoms with E-state index in [0.29, 0.717) is 37.3 Å². The zero-order valence-electron chi connectivity index (χ0n) is 16.2. The highest BCUT2D eigenvalue weighted by Gasteiger charge is 2.27. The molecule has 1 fully saturated rings. The van der Waals surface area contributed by atoms with Crippen LogP contribution in [0.2, 0.25) is 0 Å².